The minimum Gasteiger partial charge on any atom is -0.237 e. The molecule has 0 spiro atoms. The van der Waals surface area contributed by atoms with E-state index in [1.807, 2.05) is 0 Å². The highest BCUT2D eigenvalue weighted by atomic mass is 32.2. The van der Waals surface area contributed by atoms with Gasteiger partial charge >= 0.3 is 6.03 Å². The number of anilines is 1. The van der Waals surface area contributed by atoms with Crippen LogP contribution in [0.5, 0.6) is 0 Å². The summed E-state index contributed by atoms with van der Waals surface area (Å²) in [4.78, 5) is 15.8. The van der Waals surface area contributed by atoms with E-state index in [0.29, 0.717) is 5.69 Å². The molecule has 7 heteroatoms. The highest BCUT2D eigenvalue weighted by Gasteiger charge is 2.13. The third-order valence-electron chi connectivity index (χ3n) is 2.36. The second kappa shape index (κ2) is 5.15. The molecule has 0 saturated carbocycles. The van der Waals surface area contributed by atoms with Crippen LogP contribution < -0.4 is 9.88 Å². The van der Waals surface area contributed by atoms with Crippen molar-refractivity contribution < 1.29 is 17.8 Å². The van der Waals surface area contributed by atoms with Crippen LogP contribution in [0.25, 0.3) is 0 Å². The van der Waals surface area contributed by atoms with Crippen molar-refractivity contribution in [1.82, 2.24) is 4.98 Å². The fraction of sp³-hybridized carbons (Fsp3) is 0.0833. The lowest BCUT2D eigenvalue weighted by atomic mass is 10.3. The molecule has 0 unspecified atom stereocenters. The van der Waals surface area contributed by atoms with E-state index in [2.05, 4.69) is 10.3 Å². The molecule has 19 heavy (non-hydrogen) atoms. The number of rotatable bonds is 2. The van der Waals surface area contributed by atoms with Gasteiger partial charge in [0.2, 0.25) is 6.33 Å². The lowest BCUT2D eigenvalue weighted by Crippen LogP contribution is -2.45. The van der Waals surface area contributed by atoms with Gasteiger partial charge in [-0.25, -0.2) is 18.5 Å². The largest absolute Gasteiger partial charge is 0.445 e. The summed E-state index contributed by atoms with van der Waals surface area (Å²) < 4.78 is 24.1. The first kappa shape index (κ1) is 13.2. The maximum atomic E-state index is 11.8. The molecule has 1 N–H and O–H groups in total. The number of carbonyl (C=O) groups is 1. The van der Waals surface area contributed by atoms with Gasteiger partial charge in [0.15, 0.2) is 9.84 Å². The zero-order valence-corrected chi connectivity index (χ0v) is 11.0. The molecule has 98 valence electrons. The number of nitrogens with zero attached hydrogens (tertiary/aromatic N) is 2. The number of hydrogen-bond donors (Lipinski definition) is 1. The third kappa shape index (κ3) is 3.35. The summed E-state index contributed by atoms with van der Waals surface area (Å²) in [6, 6.07) is 7.27. The maximum absolute atomic E-state index is 11.8. The zero-order valence-electron chi connectivity index (χ0n) is 10.1. The molecule has 1 heterocycles. The fourth-order valence-corrected chi connectivity index (χ4v) is 2.11. The number of hydrogen-bond acceptors (Lipinski definition) is 4. The standard InChI is InChI=1S/C12H11N3O3S/c1-19(17,18)11-5-2-4-10(8-11)14-12(16)15-7-3-6-13-9-15/h2-9H,1H3/p+1. The zero-order chi connectivity index (χ0) is 13.9. The Morgan fingerprint density at radius 2 is 2.11 bits per heavy atom. The molecule has 0 saturated heterocycles. The SMILES string of the molecule is CS(=O)(=O)c1cccc(NC(=O)[n+]2cccnc2)c1. The number of amides is 1. The first-order valence-electron chi connectivity index (χ1n) is 5.39. The van der Waals surface area contributed by atoms with Gasteiger partial charge in [-0.2, -0.15) is 4.57 Å². The molecule has 1 aromatic carbocycles. The summed E-state index contributed by atoms with van der Waals surface area (Å²) in [7, 11) is -3.30. The number of benzene rings is 1. The molecule has 0 aliphatic carbocycles. The summed E-state index contributed by atoms with van der Waals surface area (Å²) in [6.45, 7) is 0. The average molecular weight is 278 g/mol. The molecule has 6 nitrogen and oxygen atoms in total. The molecular weight excluding hydrogens is 266 g/mol. The third-order valence-corrected chi connectivity index (χ3v) is 3.47. The van der Waals surface area contributed by atoms with E-state index in [0.717, 1.165) is 6.26 Å². The molecule has 1 amide bonds. The molecule has 2 aromatic rings. The van der Waals surface area contributed by atoms with E-state index < -0.39 is 15.9 Å². The van der Waals surface area contributed by atoms with Crippen molar-refractivity contribution >= 4 is 21.6 Å². The van der Waals surface area contributed by atoms with E-state index in [9.17, 15) is 13.2 Å². The van der Waals surface area contributed by atoms with Crippen LogP contribution in [0.3, 0.4) is 0 Å². The monoisotopic (exact) mass is 278 g/mol. The average Bonchev–Trinajstić information content (AvgIpc) is 2.39. The van der Waals surface area contributed by atoms with Crippen molar-refractivity contribution in [2.45, 2.75) is 4.90 Å². The first-order chi connectivity index (χ1) is 8.97. The number of aromatic nitrogens is 2. The summed E-state index contributed by atoms with van der Waals surface area (Å²) in [5, 5.41) is 2.59. The minimum absolute atomic E-state index is 0.154. The van der Waals surface area contributed by atoms with Crippen molar-refractivity contribution in [3.63, 3.8) is 0 Å². The Hall–Kier alpha value is -2.28. The fourth-order valence-electron chi connectivity index (χ4n) is 1.44. The van der Waals surface area contributed by atoms with Gasteiger partial charge in [-0.1, -0.05) is 6.07 Å². The van der Waals surface area contributed by atoms with Gasteiger partial charge in [0.05, 0.1) is 11.1 Å². The van der Waals surface area contributed by atoms with E-state index in [1.54, 1.807) is 30.6 Å². The van der Waals surface area contributed by atoms with Gasteiger partial charge in [0, 0.05) is 12.3 Å². The Morgan fingerprint density at radius 1 is 1.32 bits per heavy atom. The molecule has 1 aromatic heterocycles. The highest BCUT2D eigenvalue weighted by Crippen LogP contribution is 2.14. The van der Waals surface area contributed by atoms with Crippen LogP contribution in [-0.4, -0.2) is 25.7 Å². The topological polar surface area (TPSA) is 80.0 Å². The lowest BCUT2D eigenvalue weighted by molar-refractivity contribution is -0.571. The van der Waals surface area contributed by atoms with Crippen LogP contribution in [-0.2, 0) is 9.84 Å². The molecule has 2 rings (SSSR count). The number of sulfone groups is 1. The Balaban J connectivity index is 2.23. The second-order valence-corrected chi connectivity index (χ2v) is 5.91. The molecule has 0 fully saturated rings. The van der Waals surface area contributed by atoms with Crippen LogP contribution in [0.15, 0.2) is 53.9 Å². The van der Waals surface area contributed by atoms with Crippen LogP contribution in [0.4, 0.5) is 10.5 Å². The van der Waals surface area contributed by atoms with Crippen molar-refractivity contribution in [2.75, 3.05) is 11.6 Å². The summed E-state index contributed by atoms with van der Waals surface area (Å²) in [5.41, 5.74) is 0.407. The van der Waals surface area contributed by atoms with E-state index in [-0.39, 0.29) is 4.90 Å². The summed E-state index contributed by atoms with van der Waals surface area (Å²) in [6.07, 6.45) is 5.57. The summed E-state index contributed by atoms with van der Waals surface area (Å²) in [5.74, 6) is 0. The minimum atomic E-state index is -3.30. The molecule has 0 aliphatic rings. The Morgan fingerprint density at radius 3 is 2.74 bits per heavy atom. The smallest absolute Gasteiger partial charge is 0.237 e. The normalized spacial score (nSPS) is 11.0. The molecule has 0 bridgehead atoms. The van der Waals surface area contributed by atoms with Crippen LogP contribution in [0.2, 0.25) is 0 Å². The molecular formula is C12H12N3O3S+. The van der Waals surface area contributed by atoms with Gasteiger partial charge in [0.1, 0.15) is 11.9 Å². The predicted molar refractivity (Wildman–Crippen MR) is 68.4 cm³/mol. The maximum Gasteiger partial charge on any atom is 0.445 e. The Labute approximate surface area is 110 Å². The molecule has 0 atom stereocenters. The van der Waals surface area contributed by atoms with Crippen LogP contribution >= 0.6 is 0 Å². The van der Waals surface area contributed by atoms with Crippen molar-refractivity contribution in [2.24, 2.45) is 0 Å². The van der Waals surface area contributed by atoms with Gasteiger partial charge < -0.3 is 0 Å². The quantitative estimate of drug-likeness (QED) is 0.826. The number of nitrogens with one attached hydrogen (secondary N) is 1. The van der Waals surface area contributed by atoms with Gasteiger partial charge in [-0.15, -0.1) is 4.98 Å². The highest BCUT2D eigenvalue weighted by molar-refractivity contribution is 7.90. The van der Waals surface area contributed by atoms with Gasteiger partial charge in [0.25, 0.3) is 0 Å². The van der Waals surface area contributed by atoms with E-state index in [4.69, 9.17) is 0 Å². The summed E-state index contributed by atoms with van der Waals surface area (Å²) >= 11 is 0. The Kier molecular flexibility index (Phi) is 3.57. The molecule has 0 aliphatic heterocycles. The van der Waals surface area contributed by atoms with Gasteiger partial charge in [-0.05, 0) is 18.2 Å². The van der Waals surface area contributed by atoms with Gasteiger partial charge in [-0.3, -0.25) is 0 Å². The number of carbonyl (C=O) groups excluding carboxylic acids is 1. The molecule has 0 radical (unpaired) electrons. The van der Waals surface area contributed by atoms with Crippen LogP contribution in [0.1, 0.15) is 0 Å². The van der Waals surface area contributed by atoms with E-state index in [1.165, 1.54) is 23.0 Å². The second-order valence-electron chi connectivity index (χ2n) is 3.89. The first-order valence-corrected chi connectivity index (χ1v) is 7.29. The van der Waals surface area contributed by atoms with E-state index >= 15 is 0 Å². The lowest BCUT2D eigenvalue weighted by Gasteiger charge is -2.02. The Bertz CT molecular complexity index is 699. The van der Waals surface area contributed by atoms with Crippen molar-refractivity contribution in [3.8, 4) is 0 Å². The van der Waals surface area contributed by atoms with Crippen molar-refractivity contribution in [3.05, 3.63) is 49.1 Å². The van der Waals surface area contributed by atoms with Crippen molar-refractivity contribution in [1.29, 1.82) is 0 Å². The predicted octanol–water partition coefficient (Wildman–Crippen LogP) is 0.853. The van der Waals surface area contributed by atoms with Crippen LogP contribution in [0, 0.1) is 0 Å².